The average Bonchev–Trinajstić information content (AvgIpc) is 2.81. The van der Waals surface area contributed by atoms with Crippen LogP contribution < -0.4 is 23.5 Å². The number of ether oxygens (including phenoxy) is 1. The third-order valence-corrected chi connectivity index (χ3v) is 4.83. The molecule has 0 aliphatic carbocycles. The van der Waals surface area contributed by atoms with Gasteiger partial charge in [-0.25, -0.2) is 4.52 Å². The van der Waals surface area contributed by atoms with Crippen LogP contribution in [-0.2, 0) is 4.74 Å². The molecule has 0 saturated carbocycles. The van der Waals surface area contributed by atoms with E-state index >= 15 is 0 Å². The SMILES string of the molecule is Cc1ccc2c(N)c(NCC[N+]3(C)CCOCC3)nn2c1C.[Cl-]. The number of likely N-dealkylation sites (N-methyl/N-ethyl adjacent to an activating group) is 1. The van der Waals surface area contributed by atoms with Gasteiger partial charge in [-0.1, -0.05) is 6.07 Å². The van der Waals surface area contributed by atoms with Crippen molar-refractivity contribution in [3.05, 3.63) is 23.4 Å². The number of nitrogen functional groups attached to an aromatic ring is 1. The van der Waals surface area contributed by atoms with Crippen LogP contribution in [0.1, 0.15) is 11.3 Å². The van der Waals surface area contributed by atoms with Gasteiger partial charge in [0.2, 0.25) is 0 Å². The second-order valence-electron chi connectivity index (χ2n) is 6.49. The van der Waals surface area contributed by atoms with E-state index in [9.17, 15) is 0 Å². The average molecular weight is 340 g/mol. The number of hydrogen-bond donors (Lipinski definition) is 2. The molecule has 23 heavy (non-hydrogen) atoms. The zero-order valence-electron chi connectivity index (χ0n) is 14.1. The maximum Gasteiger partial charge on any atom is 0.172 e. The Balaban J connectivity index is 0.00000192. The van der Waals surface area contributed by atoms with Crippen LogP contribution in [0, 0.1) is 13.8 Å². The zero-order chi connectivity index (χ0) is 15.7. The number of nitrogens with two attached hydrogens (primary N) is 1. The number of anilines is 2. The number of fused-ring (bicyclic) bond motifs is 1. The van der Waals surface area contributed by atoms with Gasteiger partial charge in [-0.2, -0.15) is 0 Å². The van der Waals surface area contributed by atoms with Gasteiger partial charge in [0.25, 0.3) is 0 Å². The highest BCUT2D eigenvalue weighted by Gasteiger charge is 2.24. The first-order valence-corrected chi connectivity index (χ1v) is 7.90. The summed E-state index contributed by atoms with van der Waals surface area (Å²) in [5, 5.41) is 8.04. The molecule has 128 valence electrons. The van der Waals surface area contributed by atoms with E-state index in [1.54, 1.807) is 0 Å². The number of nitrogens with one attached hydrogen (secondary N) is 1. The quantitative estimate of drug-likeness (QED) is 0.660. The van der Waals surface area contributed by atoms with E-state index < -0.39 is 0 Å². The minimum absolute atomic E-state index is 0. The third kappa shape index (κ3) is 3.54. The molecule has 6 nitrogen and oxygen atoms in total. The topological polar surface area (TPSA) is 64.6 Å². The molecule has 1 aliphatic heterocycles. The Kier molecular flexibility index (Phi) is 5.39. The first kappa shape index (κ1) is 17.8. The molecule has 1 fully saturated rings. The van der Waals surface area contributed by atoms with Crippen LogP contribution in [0.3, 0.4) is 0 Å². The number of rotatable bonds is 4. The second-order valence-corrected chi connectivity index (χ2v) is 6.49. The summed E-state index contributed by atoms with van der Waals surface area (Å²) >= 11 is 0. The maximum atomic E-state index is 6.24. The Labute approximate surface area is 143 Å². The molecule has 0 radical (unpaired) electrons. The Bertz CT molecular complexity index is 679. The third-order valence-electron chi connectivity index (χ3n) is 4.83. The number of quaternary nitrogens is 1. The molecule has 2 aromatic heterocycles. The fourth-order valence-electron chi connectivity index (χ4n) is 2.93. The molecule has 0 atom stereocenters. The molecular formula is C16H26ClN5O. The van der Waals surface area contributed by atoms with Crippen LogP contribution in [0.2, 0.25) is 0 Å². The van der Waals surface area contributed by atoms with Gasteiger partial charge in [0.15, 0.2) is 5.82 Å². The van der Waals surface area contributed by atoms with Gasteiger partial charge in [0, 0.05) is 5.69 Å². The Morgan fingerprint density at radius 3 is 2.70 bits per heavy atom. The Morgan fingerprint density at radius 2 is 2.00 bits per heavy atom. The van der Waals surface area contributed by atoms with Gasteiger partial charge in [0.1, 0.15) is 18.8 Å². The molecule has 3 N–H and O–H groups in total. The van der Waals surface area contributed by atoms with Gasteiger partial charge in [-0.15, -0.1) is 5.10 Å². The summed E-state index contributed by atoms with van der Waals surface area (Å²) in [6.07, 6.45) is 0. The second kappa shape index (κ2) is 6.95. The standard InChI is InChI=1S/C16H26N5O.ClH/c1-12-4-5-14-15(17)16(19-20(14)13(12)2)18-6-7-21(3)8-10-22-11-9-21;/h4-5H,6-11,17H2,1-3H3,(H,18,19);1H/q+1;/p-1. The van der Waals surface area contributed by atoms with Crippen LogP contribution in [-0.4, -0.2) is 60.5 Å². The molecule has 0 spiro atoms. The van der Waals surface area contributed by atoms with Crippen molar-refractivity contribution < 1.29 is 21.6 Å². The first-order valence-electron chi connectivity index (χ1n) is 7.90. The number of aryl methyl sites for hydroxylation is 2. The number of nitrogens with zero attached hydrogens (tertiary/aromatic N) is 3. The number of aromatic nitrogens is 2. The van der Waals surface area contributed by atoms with E-state index in [-0.39, 0.29) is 12.4 Å². The Hall–Kier alpha value is -1.50. The minimum atomic E-state index is 0. The van der Waals surface area contributed by atoms with Crippen LogP contribution in [0.15, 0.2) is 12.1 Å². The van der Waals surface area contributed by atoms with Crippen LogP contribution in [0.4, 0.5) is 11.5 Å². The lowest BCUT2D eigenvalue weighted by Crippen LogP contribution is -3.00. The van der Waals surface area contributed by atoms with Crippen LogP contribution in [0.5, 0.6) is 0 Å². The first-order chi connectivity index (χ1) is 10.5. The molecule has 0 bridgehead atoms. The lowest BCUT2D eigenvalue weighted by Gasteiger charge is -2.37. The van der Waals surface area contributed by atoms with E-state index in [1.165, 1.54) is 5.56 Å². The molecular weight excluding hydrogens is 314 g/mol. The number of morpholine rings is 1. The molecule has 0 amide bonds. The predicted molar refractivity (Wildman–Crippen MR) is 89.2 cm³/mol. The molecule has 0 unspecified atom stereocenters. The lowest BCUT2D eigenvalue weighted by molar-refractivity contribution is -0.915. The van der Waals surface area contributed by atoms with E-state index in [0.717, 1.165) is 66.6 Å². The van der Waals surface area contributed by atoms with Gasteiger partial charge in [0.05, 0.1) is 38.9 Å². The van der Waals surface area contributed by atoms with Crippen molar-refractivity contribution in [3.63, 3.8) is 0 Å². The van der Waals surface area contributed by atoms with Crippen LogP contribution in [0.25, 0.3) is 5.52 Å². The maximum absolute atomic E-state index is 6.24. The van der Waals surface area contributed by atoms with Crippen molar-refractivity contribution in [1.82, 2.24) is 9.61 Å². The summed E-state index contributed by atoms with van der Waals surface area (Å²) in [6.45, 7) is 9.91. The molecule has 0 aromatic carbocycles. The Morgan fingerprint density at radius 1 is 1.30 bits per heavy atom. The van der Waals surface area contributed by atoms with Gasteiger partial charge < -0.3 is 32.7 Å². The van der Waals surface area contributed by atoms with E-state index in [0.29, 0.717) is 0 Å². The van der Waals surface area contributed by atoms with Crippen LogP contribution >= 0.6 is 0 Å². The summed E-state index contributed by atoms with van der Waals surface area (Å²) in [7, 11) is 2.28. The largest absolute Gasteiger partial charge is 1.00 e. The molecule has 3 heterocycles. The zero-order valence-corrected chi connectivity index (χ0v) is 14.9. The van der Waals surface area contributed by atoms with Gasteiger partial charge in [-0.05, 0) is 25.5 Å². The summed E-state index contributed by atoms with van der Waals surface area (Å²) < 4.78 is 8.41. The summed E-state index contributed by atoms with van der Waals surface area (Å²) in [4.78, 5) is 0. The smallest absolute Gasteiger partial charge is 0.172 e. The molecule has 7 heteroatoms. The van der Waals surface area contributed by atoms with E-state index in [1.807, 2.05) is 10.6 Å². The van der Waals surface area contributed by atoms with E-state index in [2.05, 4.69) is 37.4 Å². The normalized spacial score (nSPS) is 17.0. The summed E-state index contributed by atoms with van der Waals surface area (Å²) in [6, 6.07) is 4.12. The van der Waals surface area contributed by atoms with Crippen molar-refractivity contribution in [1.29, 1.82) is 0 Å². The fourth-order valence-corrected chi connectivity index (χ4v) is 2.93. The highest BCUT2D eigenvalue weighted by molar-refractivity contribution is 5.81. The van der Waals surface area contributed by atoms with Gasteiger partial charge >= 0.3 is 0 Å². The monoisotopic (exact) mass is 339 g/mol. The molecule has 2 aromatic rings. The van der Waals surface area contributed by atoms with Crippen molar-refractivity contribution >= 4 is 17.0 Å². The van der Waals surface area contributed by atoms with Gasteiger partial charge in [-0.3, -0.25) is 0 Å². The highest BCUT2D eigenvalue weighted by atomic mass is 35.5. The van der Waals surface area contributed by atoms with Crippen molar-refractivity contribution in [2.75, 3.05) is 57.5 Å². The predicted octanol–water partition coefficient (Wildman–Crippen LogP) is -1.57. The summed E-state index contributed by atoms with van der Waals surface area (Å²) in [5.41, 5.74) is 10.3. The lowest BCUT2D eigenvalue weighted by atomic mass is 10.2. The number of hydrogen-bond acceptors (Lipinski definition) is 4. The molecule has 3 rings (SSSR count). The molecule has 1 aliphatic rings. The number of pyridine rings is 1. The summed E-state index contributed by atoms with van der Waals surface area (Å²) in [5.74, 6) is 0.786. The van der Waals surface area contributed by atoms with Crippen molar-refractivity contribution in [2.24, 2.45) is 0 Å². The van der Waals surface area contributed by atoms with Crippen molar-refractivity contribution in [2.45, 2.75) is 13.8 Å². The highest BCUT2D eigenvalue weighted by Crippen LogP contribution is 2.25. The van der Waals surface area contributed by atoms with E-state index in [4.69, 9.17) is 10.5 Å². The van der Waals surface area contributed by atoms with Crippen molar-refractivity contribution in [3.8, 4) is 0 Å². The minimum Gasteiger partial charge on any atom is -1.00 e. The fraction of sp³-hybridized carbons (Fsp3) is 0.562. The molecule has 1 saturated heterocycles. The number of halogens is 1.